The number of hydrogen-bond donors (Lipinski definition) is 1. The van der Waals surface area contributed by atoms with Crippen molar-refractivity contribution in [3.05, 3.63) is 70.1 Å². The van der Waals surface area contributed by atoms with Crippen molar-refractivity contribution in [2.24, 2.45) is 5.92 Å². The van der Waals surface area contributed by atoms with Crippen LogP contribution in [0.15, 0.2) is 53.5 Å². The summed E-state index contributed by atoms with van der Waals surface area (Å²) in [4.78, 5) is 23.7. The van der Waals surface area contributed by atoms with Gasteiger partial charge in [0.05, 0.1) is 6.54 Å². The first-order valence-corrected chi connectivity index (χ1v) is 8.71. The summed E-state index contributed by atoms with van der Waals surface area (Å²) in [5.74, 6) is 0.735. The van der Waals surface area contributed by atoms with Crippen molar-refractivity contribution >= 4 is 5.91 Å². The smallest absolute Gasteiger partial charge is 0.250 e. The molecule has 24 heavy (non-hydrogen) atoms. The summed E-state index contributed by atoms with van der Waals surface area (Å²) in [6.07, 6.45) is 7.38. The third-order valence-corrected chi connectivity index (χ3v) is 4.71. The van der Waals surface area contributed by atoms with Gasteiger partial charge in [0.15, 0.2) is 0 Å². The predicted molar refractivity (Wildman–Crippen MR) is 94.7 cm³/mol. The lowest BCUT2D eigenvalue weighted by Crippen LogP contribution is -2.24. The summed E-state index contributed by atoms with van der Waals surface area (Å²) < 4.78 is 1.68. The minimum atomic E-state index is 0.000697. The first kappa shape index (κ1) is 16.5. The van der Waals surface area contributed by atoms with Crippen LogP contribution in [-0.2, 0) is 17.9 Å². The van der Waals surface area contributed by atoms with E-state index in [9.17, 15) is 9.59 Å². The minimum Gasteiger partial charge on any atom is -0.352 e. The van der Waals surface area contributed by atoms with Crippen molar-refractivity contribution in [2.45, 2.75) is 45.2 Å². The van der Waals surface area contributed by atoms with Crippen molar-refractivity contribution < 1.29 is 4.79 Å². The van der Waals surface area contributed by atoms with Crippen molar-refractivity contribution in [1.29, 1.82) is 0 Å². The van der Waals surface area contributed by atoms with Gasteiger partial charge in [-0.2, -0.15) is 0 Å². The Labute approximate surface area is 142 Å². The molecule has 2 aromatic rings. The van der Waals surface area contributed by atoms with Crippen LogP contribution in [0.5, 0.6) is 0 Å². The molecular weight excluding hydrogens is 300 g/mol. The second-order valence-electron chi connectivity index (χ2n) is 6.61. The maximum atomic E-state index is 12.0. The van der Waals surface area contributed by atoms with E-state index in [1.165, 1.54) is 25.7 Å². The molecule has 1 aliphatic rings. The molecule has 1 aromatic heterocycles. The van der Waals surface area contributed by atoms with Gasteiger partial charge in [0.2, 0.25) is 5.91 Å². The Morgan fingerprint density at radius 2 is 1.75 bits per heavy atom. The van der Waals surface area contributed by atoms with Gasteiger partial charge >= 0.3 is 0 Å². The van der Waals surface area contributed by atoms with Crippen LogP contribution in [0.3, 0.4) is 0 Å². The molecular formula is C20H24N2O2. The highest BCUT2D eigenvalue weighted by atomic mass is 16.1. The minimum absolute atomic E-state index is 0.000697. The first-order chi connectivity index (χ1) is 11.7. The second-order valence-corrected chi connectivity index (χ2v) is 6.61. The summed E-state index contributed by atoms with van der Waals surface area (Å²) in [5, 5.41) is 3.01. The highest BCUT2D eigenvalue weighted by Crippen LogP contribution is 2.27. The Hall–Kier alpha value is -2.36. The zero-order chi connectivity index (χ0) is 16.8. The second kappa shape index (κ2) is 7.95. The SMILES string of the molecule is O=C(CC1CCCC1)NCc1ccc(Cn2ccccc2=O)cc1. The molecule has 1 N–H and O–H groups in total. The average molecular weight is 324 g/mol. The van der Waals surface area contributed by atoms with E-state index in [-0.39, 0.29) is 11.5 Å². The molecule has 1 aromatic carbocycles. The predicted octanol–water partition coefficient (Wildman–Crippen LogP) is 3.09. The number of benzene rings is 1. The number of nitrogens with one attached hydrogen (secondary N) is 1. The Balaban J connectivity index is 1.50. The topological polar surface area (TPSA) is 51.1 Å². The van der Waals surface area contributed by atoms with Crippen LogP contribution < -0.4 is 10.9 Å². The van der Waals surface area contributed by atoms with Crippen molar-refractivity contribution in [1.82, 2.24) is 9.88 Å². The van der Waals surface area contributed by atoms with Gasteiger partial charge in [-0.05, 0) is 36.0 Å². The molecule has 0 saturated heterocycles. The molecule has 126 valence electrons. The van der Waals surface area contributed by atoms with Gasteiger partial charge in [-0.15, -0.1) is 0 Å². The highest BCUT2D eigenvalue weighted by Gasteiger charge is 2.18. The summed E-state index contributed by atoms with van der Waals surface area (Å²) in [5.41, 5.74) is 2.16. The van der Waals surface area contributed by atoms with Gasteiger partial charge in [0, 0.05) is 25.2 Å². The van der Waals surface area contributed by atoms with Gasteiger partial charge < -0.3 is 9.88 Å². The van der Waals surface area contributed by atoms with Crippen LogP contribution in [0.2, 0.25) is 0 Å². The monoisotopic (exact) mass is 324 g/mol. The number of carbonyl (C=O) groups excluding carboxylic acids is 1. The molecule has 0 unspecified atom stereocenters. The van der Waals surface area contributed by atoms with Gasteiger partial charge in [-0.25, -0.2) is 0 Å². The van der Waals surface area contributed by atoms with Crippen LogP contribution in [0, 0.1) is 5.92 Å². The van der Waals surface area contributed by atoms with E-state index in [0.29, 0.717) is 25.4 Å². The van der Waals surface area contributed by atoms with Gasteiger partial charge in [-0.1, -0.05) is 43.2 Å². The molecule has 4 nitrogen and oxygen atoms in total. The number of pyridine rings is 1. The lowest BCUT2D eigenvalue weighted by atomic mass is 10.0. The molecule has 1 amide bonds. The Kier molecular flexibility index (Phi) is 5.47. The quantitative estimate of drug-likeness (QED) is 0.888. The van der Waals surface area contributed by atoms with Crippen LogP contribution >= 0.6 is 0 Å². The molecule has 0 aliphatic heterocycles. The fraction of sp³-hybridized carbons (Fsp3) is 0.400. The molecule has 1 aliphatic carbocycles. The number of rotatable bonds is 6. The Morgan fingerprint density at radius 1 is 1.04 bits per heavy atom. The van der Waals surface area contributed by atoms with Gasteiger partial charge in [-0.3, -0.25) is 9.59 Å². The fourth-order valence-corrected chi connectivity index (χ4v) is 3.30. The number of nitrogens with zero attached hydrogens (tertiary/aromatic N) is 1. The highest BCUT2D eigenvalue weighted by molar-refractivity contribution is 5.76. The molecule has 3 rings (SSSR count). The van der Waals surface area contributed by atoms with Crippen LogP contribution in [0.25, 0.3) is 0 Å². The Morgan fingerprint density at radius 3 is 2.46 bits per heavy atom. The van der Waals surface area contributed by atoms with Gasteiger partial charge in [0.25, 0.3) is 5.56 Å². The summed E-state index contributed by atoms with van der Waals surface area (Å²) >= 11 is 0. The van der Waals surface area contributed by atoms with Crippen LogP contribution in [-0.4, -0.2) is 10.5 Å². The van der Waals surface area contributed by atoms with E-state index >= 15 is 0 Å². The molecule has 1 heterocycles. The van der Waals surface area contributed by atoms with E-state index in [4.69, 9.17) is 0 Å². The number of carbonyl (C=O) groups is 1. The maximum absolute atomic E-state index is 12.0. The van der Waals surface area contributed by atoms with Crippen LogP contribution in [0.4, 0.5) is 0 Å². The average Bonchev–Trinajstić information content (AvgIpc) is 3.09. The zero-order valence-corrected chi connectivity index (χ0v) is 13.9. The number of amides is 1. The van der Waals surface area contributed by atoms with Crippen molar-refractivity contribution in [2.75, 3.05) is 0 Å². The van der Waals surface area contributed by atoms with E-state index in [1.54, 1.807) is 22.9 Å². The number of aromatic nitrogens is 1. The lowest BCUT2D eigenvalue weighted by molar-refractivity contribution is -0.122. The normalized spacial score (nSPS) is 14.7. The van der Waals surface area contributed by atoms with E-state index in [1.807, 2.05) is 30.3 Å². The van der Waals surface area contributed by atoms with Gasteiger partial charge in [0.1, 0.15) is 0 Å². The maximum Gasteiger partial charge on any atom is 0.250 e. The molecule has 0 atom stereocenters. The zero-order valence-electron chi connectivity index (χ0n) is 13.9. The van der Waals surface area contributed by atoms with Crippen LogP contribution in [0.1, 0.15) is 43.2 Å². The summed E-state index contributed by atoms with van der Waals surface area (Å²) in [6.45, 7) is 1.13. The third kappa shape index (κ3) is 4.57. The fourth-order valence-electron chi connectivity index (χ4n) is 3.30. The molecule has 0 radical (unpaired) electrons. The van der Waals surface area contributed by atoms with Crippen molar-refractivity contribution in [3.8, 4) is 0 Å². The summed E-state index contributed by atoms with van der Waals surface area (Å²) in [7, 11) is 0. The summed E-state index contributed by atoms with van der Waals surface area (Å²) in [6, 6.07) is 13.2. The third-order valence-electron chi connectivity index (χ3n) is 4.71. The standard InChI is InChI=1S/C20H24N2O2/c23-19(13-16-5-1-2-6-16)21-14-17-8-10-18(11-9-17)15-22-12-4-3-7-20(22)24/h3-4,7-12,16H,1-2,5-6,13-15H2,(H,21,23). The van der Waals surface area contributed by atoms with E-state index in [0.717, 1.165) is 11.1 Å². The van der Waals surface area contributed by atoms with E-state index < -0.39 is 0 Å². The molecule has 1 fully saturated rings. The Bertz CT molecular complexity index is 728. The lowest BCUT2D eigenvalue weighted by Gasteiger charge is -2.10. The number of hydrogen-bond acceptors (Lipinski definition) is 2. The first-order valence-electron chi connectivity index (χ1n) is 8.71. The van der Waals surface area contributed by atoms with E-state index in [2.05, 4.69) is 5.32 Å². The molecule has 0 spiro atoms. The molecule has 4 heteroatoms. The van der Waals surface area contributed by atoms with Crippen molar-refractivity contribution in [3.63, 3.8) is 0 Å². The molecule has 1 saturated carbocycles. The largest absolute Gasteiger partial charge is 0.352 e. The molecule has 0 bridgehead atoms.